The number of allylic oxidation sites excluding steroid dienone is 1. The van der Waals surface area contributed by atoms with Gasteiger partial charge in [0.1, 0.15) is 5.60 Å². The molecule has 8 atom stereocenters. The third-order valence-corrected chi connectivity index (χ3v) is 9.84. The molecule has 0 radical (unpaired) electrons. The molecule has 0 aromatic heterocycles. The molecule has 4 fully saturated rings. The predicted octanol–water partition coefficient (Wildman–Crippen LogP) is 6.20. The molecule has 4 aliphatic carbocycles. The zero-order chi connectivity index (χ0) is 18.7. The van der Waals surface area contributed by atoms with Crippen molar-refractivity contribution in [3.63, 3.8) is 0 Å². The Morgan fingerprint density at radius 1 is 1.08 bits per heavy atom. The molecule has 0 aromatic carbocycles. The van der Waals surface area contributed by atoms with E-state index in [1.165, 1.54) is 37.7 Å². The van der Waals surface area contributed by atoms with E-state index >= 15 is 0 Å². The molecule has 1 N–H and O–H groups in total. The molecule has 148 valence electrons. The smallest absolute Gasteiger partial charge is 0.266 e. The fraction of sp³-hybridized carbons (Fsp3) is 0.909. The van der Waals surface area contributed by atoms with Gasteiger partial charge in [-0.2, -0.15) is 0 Å². The Labute approximate surface area is 165 Å². The Balaban J connectivity index is 1.52. The lowest BCUT2D eigenvalue weighted by Crippen LogP contribution is -2.52. The number of fused-ring (bicyclic) bond motifs is 5. The maximum Gasteiger partial charge on any atom is 0.266 e. The molecule has 0 saturated heterocycles. The molecule has 4 rings (SSSR count). The fourth-order valence-corrected chi connectivity index (χ4v) is 8.26. The van der Waals surface area contributed by atoms with E-state index in [4.69, 9.17) is 0 Å². The van der Waals surface area contributed by atoms with E-state index in [1.807, 2.05) is 0 Å². The number of halogens is 3. The van der Waals surface area contributed by atoms with Crippen LogP contribution in [-0.2, 0) is 0 Å². The van der Waals surface area contributed by atoms with Gasteiger partial charge in [0.15, 0.2) is 0 Å². The summed E-state index contributed by atoms with van der Waals surface area (Å²) in [5, 5.41) is 11.2. The van der Waals surface area contributed by atoms with E-state index in [1.54, 1.807) is 0 Å². The molecule has 0 aliphatic heterocycles. The highest BCUT2D eigenvalue weighted by Gasteiger charge is 2.58. The lowest BCUT2D eigenvalue weighted by atomic mass is 9.48. The van der Waals surface area contributed by atoms with Crippen LogP contribution in [0.25, 0.3) is 0 Å². The minimum Gasteiger partial charge on any atom is -0.384 e. The lowest BCUT2D eigenvalue weighted by Gasteiger charge is -2.57. The van der Waals surface area contributed by atoms with Crippen LogP contribution < -0.4 is 0 Å². The van der Waals surface area contributed by atoms with E-state index in [2.05, 4.69) is 29.4 Å². The quantitative estimate of drug-likeness (QED) is 0.417. The summed E-state index contributed by atoms with van der Waals surface area (Å²) in [6.07, 6.45) is 6.13. The molecule has 4 saturated carbocycles. The molecule has 0 spiro atoms. The number of hydrogen-bond donors (Lipinski definition) is 1. The molecule has 0 amide bonds. The normalized spacial score (nSPS) is 50.8. The predicted molar refractivity (Wildman–Crippen MR) is 104 cm³/mol. The van der Waals surface area contributed by atoms with Crippen LogP contribution in [0.5, 0.6) is 0 Å². The minimum atomic E-state index is -2.60. The van der Waals surface area contributed by atoms with Gasteiger partial charge in [-0.25, -0.2) is 8.78 Å². The summed E-state index contributed by atoms with van der Waals surface area (Å²) >= 11 is 3.62. The molecule has 0 bridgehead atoms. The first-order chi connectivity index (χ1) is 12.3. The topological polar surface area (TPSA) is 20.2 Å². The first-order valence-electron chi connectivity index (χ1n) is 10.5. The van der Waals surface area contributed by atoms with Gasteiger partial charge in [0.05, 0.1) is 0 Å². The van der Waals surface area contributed by atoms with E-state index < -0.39 is 12.0 Å². The van der Waals surface area contributed by atoms with Gasteiger partial charge in [-0.15, -0.1) is 0 Å². The second kappa shape index (κ2) is 6.83. The number of alkyl halides is 3. The Bertz CT molecular complexity index is 566. The van der Waals surface area contributed by atoms with Gasteiger partial charge in [0, 0.05) is 5.33 Å². The molecule has 0 aromatic rings. The van der Waals surface area contributed by atoms with E-state index in [0.29, 0.717) is 41.9 Å². The van der Waals surface area contributed by atoms with Crippen molar-refractivity contribution in [2.75, 3.05) is 5.33 Å². The van der Waals surface area contributed by atoms with Gasteiger partial charge in [0.25, 0.3) is 6.43 Å². The van der Waals surface area contributed by atoms with Gasteiger partial charge in [-0.1, -0.05) is 35.0 Å². The van der Waals surface area contributed by atoms with Crippen LogP contribution in [0, 0.1) is 40.9 Å². The average Bonchev–Trinajstić information content (AvgIpc) is 2.97. The largest absolute Gasteiger partial charge is 0.384 e. The van der Waals surface area contributed by atoms with Gasteiger partial charge < -0.3 is 5.11 Å². The molecule has 0 heterocycles. The van der Waals surface area contributed by atoms with Gasteiger partial charge in [0.2, 0.25) is 0 Å². The maximum atomic E-state index is 13.3. The Morgan fingerprint density at radius 3 is 2.50 bits per heavy atom. The van der Waals surface area contributed by atoms with Crippen molar-refractivity contribution >= 4 is 15.9 Å². The Kier molecular flexibility index (Phi) is 5.08. The van der Waals surface area contributed by atoms with Crippen molar-refractivity contribution in [3.05, 3.63) is 12.2 Å². The molecular weight excluding hydrogens is 398 g/mol. The van der Waals surface area contributed by atoms with E-state index in [9.17, 15) is 13.9 Å². The Hall–Kier alpha value is 0.0400. The standard InChI is InChI=1S/C22H33BrF2O/c1-13(12-23)18-5-6-19-17-4-3-14-11-22(26,20(24)25)10-8-15(14)16(17)7-9-21(18,19)2/h14-20,26H,1,3-12H2,2H3/t14-,15+,16-,17-,18-,19+,21-,22-/m1/s1. The summed E-state index contributed by atoms with van der Waals surface area (Å²) in [7, 11) is 0. The van der Waals surface area contributed by atoms with Crippen molar-refractivity contribution in [2.45, 2.75) is 76.7 Å². The van der Waals surface area contributed by atoms with Crippen LogP contribution in [0.1, 0.15) is 64.7 Å². The monoisotopic (exact) mass is 430 g/mol. The second-order valence-electron chi connectivity index (χ2n) is 10.0. The van der Waals surface area contributed by atoms with Crippen molar-refractivity contribution in [1.82, 2.24) is 0 Å². The van der Waals surface area contributed by atoms with Gasteiger partial charge in [-0.05, 0) is 98.7 Å². The minimum absolute atomic E-state index is 0.292. The molecule has 1 nitrogen and oxygen atoms in total. The van der Waals surface area contributed by atoms with Crippen molar-refractivity contribution in [3.8, 4) is 0 Å². The maximum absolute atomic E-state index is 13.3. The van der Waals surface area contributed by atoms with Crippen LogP contribution in [0.2, 0.25) is 0 Å². The van der Waals surface area contributed by atoms with Crippen LogP contribution in [0.4, 0.5) is 8.78 Å². The van der Waals surface area contributed by atoms with Crippen molar-refractivity contribution in [1.29, 1.82) is 0 Å². The number of aliphatic hydroxyl groups is 1. The molecule has 0 unspecified atom stereocenters. The zero-order valence-electron chi connectivity index (χ0n) is 15.9. The second-order valence-corrected chi connectivity index (χ2v) is 10.6. The van der Waals surface area contributed by atoms with Crippen LogP contribution in [0.3, 0.4) is 0 Å². The first-order valence-corrected chi connectivity index (χ1v) is 11.7. The molecule has 26 heavy (non-hydrogen) atoms. The third-order valence-electron chi connectivity index (χ3n) is 9.12. The molecule has 4 aliphatic rings. The highest BCUT2D eigenvalue weighted by atomic mass is 79.9. The third kappa shape index (κ3) is 2.84. The lowest BCUT2D eigenvalue weighted by molar-refractivity contribution is -0.158. The summed E-state index contributed by atoms with van der Waals surface area (Å²) < 4.78 is 26.6. The van der Waals surface area contributed by atoms with Crippen LogP contribution in [-0.4, -0.2) is 22.5 Å². The number of rotatable bonds is 3. The average molecular weight is 431 g/mol. The van der Waals surface area contributed by atoms with Gasteiger partial charge >= 0.3 is 0 Å². The van der Waals surface area contributed by atoms with Crippen LogP contribution in [0.15, 0.2) is 12.2 Å². The Morgan fingerprint density at radius 2 is 1.81 bits per heavy atom. The molecular formula is C22H33BrF2O. The summed E-state index contributed by atoms with van der Waals surface area (Å²) in [4.78, 5) is 0. The highest BCUT2D eigenvalue weighted by molar-refractivity contribution is 9.09. The van der Waals surface area contributed by atoms with Crippen molar-refractivity contribution < 1.29 is 13.9 Å². The highest BCUT2D eigenvalue weighted by Crippen LogP contribution is 2.65. The summed E-state index contributed by atoms with van der Waals surface area (Å²) in [5.74, 6) is 3.75. The molecule has 4 heteroatoms. The summed E-state index contributed by atoms with van der Waals surface area (Å²) in [6, 6.07) is 0. The van der Waals surface area contributed by atoms with Gasteiger partial charge in [-0.3, -0.25) is 0 Å². The van der Waals surface area contributed by atoms with E-state index in [-0.39, 0.29) is 0 Å². The zero-order valence-corrected chi connectivity index (χ0v) is 17.5. The van der Waals surface area contributed by atoms with Crippen molar-refractivity contribution in [2.24, 2.45) is 40.9 Å². The van der Waals surface area contributed by atoms with Crippen LogP contribution >= 0.6 is 15.9 Å². The fourth-order valence-electron chi connectivity index (χ4n) is 7.87. The first kappa shape index (κ1) is 19.4. The van der Waals surface area contributed by atoms with E-state index in [0.717, 1.165) is 30.0 Å². The summed E-state index contributed by atoms with van der Waals surface area (Å²) in [5.41, 5.74) is 0.0299. The number of hydrogen-bond acceptors (Lipinski definition) is 1. The summed E-state index contributed by atoms with van der Waals surface area (Å²) in [6.45, 7) is 6.85. The SMILES string of the molecule is C=C(CBr)[C@H]1CC[C@H]2[C@@H]3CC[C@@H]4C[C@@](O)(C(F)F)CC[C@@H]4[C@H]3CC[C@]12C.